The molecule has 2 aromatic rings. The maximum absolute atomic E-state index is 12.3. The van der Waals surface area contributed by atoms with Gasteiger partial charge in [0.25, 0.3) is 5.91 Å². The minimum absolute atomic E-state index is 0.153. The van der Waals surface area contributed by atoms with Gasteiger partial charge in [0.05, 0.1) is 11.3 Å². The molecule has 0 fully saturated rings. The van der Waals surface area contributed by atoms with Crippen LogP contribution in [0.1, 0.15) is 15.9 Å². The maximum Gasteiger partial charge on any atom is 0.258 e. The van der Waals surface area contributed by atoms with E-state index >= 15 is 0 Å². The van der Waals surface area contributed by atoms with E-state index in [1.807, 2.05) is 30.3 Å². The number of anilines is 1. The highest BCUT2D eigenvalue weighted by atomic mass is 79.9. The van der Waals surface area contributed by atoms with Crippen LogP contribution in [0, 0.1) is 0 Å². The topological polar surface area (TPSA) is 37.4 Å². The van der Waals surface area contributed by atoms with Crippen LogP contribution >= 0.6 is 15.9 Å². The molecule has 0 aliphatic carbocycles. The summed E-state index contributed by atoms with van der Waals surface area (Å²) in [6.07, 6.45) is 1.42. The normalized spacial score (nSPS) is 15.4. The molecule has 0 aromatic heterocycles. The first-order valence-corrected chi connectivity index (χ1v) is 7.26. The Labute approximate surface area is 131 Å². The Morgan fingerprint density at radius 2 is 1.90 bits per heavy atom. The van der Waals surface area contributed by atoms with Gasteiger partial charge in [0, 0.05) is 22.6 Å². The Kier molecular flexibility index (Phi) is 3.47. The van der Waals surface area contributed by atoms with Crippen LogP contribution in [0.3, 0.4) is 0 Å². The average molecular weight is 342 g/mol. The lowest BCUT2D eigenvalue weighted by molar-refractivity contribution is -0.112. The summed E-state index contributed by atoms with van der Waals surface area (Å²) in [5, 5.41) is 0. The molecular weight excluding hydrogens is 330 g/mol. The monoisotopic (exact) mass is 341 g/mol. The standard InChI is InChI=1S/C17H12BrNO2/c1-19-15-8-3-2-7-13(15)14(17(19)21)10-16(20)11-5-4-6-12(18)9-11/h2-10H,1H3/b14-10-. The number of allylic oxidation sites excluding steroid dienone is 1. The molecule has 0 saturated heterocycles. The van der Waals surface area contributed by atoms with E-state index < -0.39 is 0 Å². The highest BCUT2D eigenvalue weighted by Crippen LogP contribution is 2.35. The van der Waals surface area contributed by atoms with Crippen LogP contribution in [0.2, 0.25) is 0 Å². The summed E-state index contributed by atoms with van der Waals surface area (Å²) in [5.74, 6) is -0.329. The third-order valence-corrected chi connectivity index (χ3v) is 3.97. The summed E-state index contributed by atoms with van der Waals surface area (Å²) in [4.78, 5) is 26.2. The fourth-order valence-corrected chi connectivity index (χ4v) is 2.79. The van der Waals surface area contributed by atoms with Crippen molar-refractivity contribution < 1.29 is 9.59 Å². The van der Waals surface area contributed by atoms with Crippen molar-refractivity contribution in [1.82, 2.24) is 0 Å². The smallest absolute Gasteiger partial charge is 0.258 e. The number of hydrogen-bond acceptors (Lipinski definition) is 2. The van der Waals surface area contributed by atoms with Crippen molar-refractivity contribution in [3.8, 4) is 0 Å². The van der Waals surface area contributed by atoms with Crippen LogP contribution in [0.4, 0.5) is 5.69 Å². The van der Waals surface area contributed by atoms with E-state index in [9.17, 15) is 9.59 Å². The second-order valence-corrected chi connectivity index (χ2v) is 5.73. The number of carbonyl (C=O) groups excluding carboxylic acids is 2. The molecule has 1 amide bonds. The van der Waals surface area contributed by atoms with Crippen LogP contribution < -0.4 is 4.90 Å². The largest absolute Gasteiger partial charge is 0.311 e. The highest BCUT2D eigenvalue weighted by molar-refractivity contribution is 9.10. The number of para-hydroxylation sites is 1. The summed E-state index contributed by atoms with van der Waals surface area (Å²) in [5.41, 5.74) is 2.62. The number of likely N-dealkylation sites (N-methyl/N-ethyl adjacent to an activating group) is 1. The number of fused-ring (bicyclic) bond motifs is 1. The van der Waals surface area contributed by atoms with Gasteiger partial charge in [-0.2, -0.15) is 0 Å². The molecule has 4 heteroatoms. The zero-order valence-corrected chi connectivity index (χ0v) is 12.9. The number of nitrogens with zero attached hydrogens (tertiary/aromatic N) is 1. The average Bonchev–Trinajstić information content (AvgIpc) is 2.73. The first kappa shape index (κ1) is 13.8. The van der Waals surface area contributed by atoms with Gasteiger partial charge < -0.3 is 4.90 Å². The molecule has 0 bridgehead atoms. The summed E-state index contributed by atoms with van der Waals surface area (Å²) < 4.78 is 0.835. The summed E-state index contributed by atoms with van der Waals surface area (Å²) >= 11 is 3.34. The summed E-state index contributed by atoms with van der Waals surface area (Å²) in [7, 11) is 1.71. The van der Waals surface area contributed by atoms with Crippen molar-refractivity contribution in [1.29, 1.82) is 0 Å². The Bertz CT molecular complexity index is 780. The zero-order valence-electron chi connectivity index (χ0n) is 11.3. The van der Waals surface area contributed by atoms with Gasteiger partial charge >= 0.3 is 0 Å². The first-order chi connectivity index (χ1) is 10.1. The second-order valence-electron chi connectivity index (χ2n) is 4.81. The number of amides is 1. The van der Waals surface area contributed by atoms with Crippen molar-refractivity contribution in [2.75, 3.05) is 11.9 Å². The van der Waals surface area contributed by atoms with E-state index in [2.05, 4.69) is 15.9 Å². The van der Waals surface area contributed by atoms with Crippen LogP contribution in [0.25, 0.3) is 5.57 Å². The van der Waals surface area contributed by atoms with Gasteiger partial charge in [-0.15, -0.1) is 0 Å². The van der Waals surface area contributed by atoms with E-state index in [0.717, 1.165) is 15.7 Å². The number of carbonyl (C=O) groups is 2. The molecule has 1 heterocycles. The molecule has 0 unspecified atom stereocenters. The van der Waals surface area contributed by atoms with Gasteiger partial charge in [-0.1, -0.05) is 46.3 Å². The molecule has 2 aromatic carbocycles. The minimum atomic E-state index is -0.176. The lowest BCUT2D eigenvalue weighted by Crippen LogP contribution is -2.20. The molecule has 0 radical (unpaired) electrons. The quantitative estimate of drug-likeness (QED) is 0.617. The third kappa shape index (κ3) is 2.43. The van der Waals surface area contributed by atoms with E-state index in [0.29, 0.717) is 11.1 Å². The Morgan fingerprint density at radius 3 is 2.67 bits per heavy atom. The van der Waals surface area contributed by atoms with Crippen molar-refractivity contribution >= 4 is 38.9 Å². The van der Waals surface area contributed by atoms with Crippen molar-refractivity contribution in [3.63, 3.8) is 0 Å². The molecule has 3 rings (SSSR count). The van der Waals surface area contributed by atoms with Gasteiger partial charge in [0.15, 0.2) is 5.78 Å². The Balaban J connectivity index is 2.04. The van der Waals surface area contributed by atoms with Crippen LogP contribution in [0.5, 0.6) is 0 Å². The molecule has 21 heavy (non-hydrogen) atoms. The molecule has 104 valence electrons. The van der Waals surface area contributed by atoms with E-state index in [4.69, 9.17) is 0 Å². The van der Waals surface area contributed by atoms with Crippen LogP contribution in [-0.2, 0) is 4.79 Å². The summed E-state index contributed by atoms with van der Waals surface area (Å²) in [6, 6.07) is 14.6. The van der Waals surface area contributed by atoms with Crippen LogP contribution in [0.15, 0.2) is 59.1 Å². The molecular formula is C17H12BrNO2. The highest BCUT2D eigenvalue weighted by Gasteiger charge is 2.29. The predicted octanol–water partition coefficient (Wildman–Crippen LogP) is 3.69. The maximum atomic E-state index is 12.3. The van der Waals surface area contributed by atoms with Crippen molar-refractivity contribution in [2.45, 2.75) is 0 Å². The minimum Gasteiger partial charge on any atom is -0.311 e. The van der Waals surface area contributed by atoms with Gasteiger partial charge in [-0.3, -0.25) is 9.59 Å². The third-order valence-electron chi connectivity index (χ3n) is 3.48. The molecule has 0 spiro atoms. The number of benzene rings is 2. The lowest BCUT2D eigenvalue weighted by Gasteiger charge is -2.07. The zero-order chi connectivity index (χ0) is 15.0. The number of hydrogen-bond donors (Lipinski definition) is 0. The molecule has 0 saturated carbocycles. The van der Waals surface area contributed by atoms with E-state index in [1.54, 1.807) is 30.1 Å². The Hall–Kier alpha value is -2.20. The lowest BCUT2D eigenvalue weighted by atomic mass is 10.0. The second kappa shape index (κ2) is 5.30. The molecule has 0 atom stereocenters. The van der Waals surface area contributed by atoms with Gasteiger partial charge in [0.2, 0.25) is 0 Å². The van der Waals surface area contributed by atoms with Gasteiger partial charge in [-0.05, 0) is 24.3 Å². The first-order valence-electron chi connectivity index (χ1n) is 6.47. The van der Waals surface area contributed by atoms with Gasteiger partial charge in [-0.25, -0.2) is 0 Å². The molecule has 1 aliphatic rings. The van der Waals surface area contributed by atoms with Gasteiger partial charge in [0.1, 0.15) is 0 Å². The number of rotatable bonds is 2. The fraction of sp³-hybridized carbons (Fsp3) is 0.0588. The fourth-order valence-electron chi connectivity index (χ4n) is 2.39. The number of ketones is 1. The predicted molar refractivity (Wildman–Crippen MR) is 86.3 cm³/mol. The molecule has 3 nitrogen and oxygen atoms in total. The van der Waals surface area contributed by atoms with Crippen molar-refractivity contribution in [2.24, 2.45) is 0 Å². The van der Waals surface area contributed by atoms with E-state index in [-0.39, 0.29) is 11.7 Å². The van der Waals surface area contributed by atoms with Crippen LogP contribution in [-0.4, -0.2) is 18.7 Å². The molecule has 1 aliphatic heterocycles. The number of halogens is 1. The SMILES string of the molecule is CN1C(=O)/C(=C\C(=O)c2cccc(Br)c2)c2ccccc21. The van der Waals surface area contributed by atoms with E-state index in [1.165, 1.54) is 6.08 Å². The molecule has 0 N–H and O–H groups in total. The summed E-state index contributed by atoms with van der Waals surface area (Å²) in [6.45, 7) is 0. The Morgan fingerprint density at radius 1 is 1.14 bits per heavy atom. The van der Waals surface area contributed by atoms with Crippen molar-refractivity contribution in [3.05, 3.63) is 70.2 Å².